The van der Waals surface area contributed by atoms with Crippen LogP contribution in [0, 0.1) is 10.7 Å². The second-order valence-corrected chi connectivity index (χ2v) is 8.72. The van der Waals surface area contributed by atoms with E-state index in [-0.39, 0.29) is 12.3 Å². The topological polar surface area (TPSA) is 70.3 Å². The average Bonchev–Trinajstić information content (AvgIpc) is 2.88. The highest BCUT2D eigenvalue weighted by Crippen LogP contribution is 2.14. The van der Waals surface area contributed by atoms with Gasteiger partial charge in [-0.3, -0.25) is 4.79 Å². The average molecular weight is 405 g/mol. The molecule has 1 aromatic carbocycles. The van der Waals surface area contributed by atoms with Crippen LogP contribution in [0.15, 0.2) is 24.3 Å². The number of amides is 1. The molecule has 0 fully saturated rings. The van der Waals surface area contributed by atoms with E-state index in [2.05, 4.69) is 59.0 Å². The Morgan fingerprint density at radius 2 is 1.86 bits per heavy atom. The molecule has 0 bridgehead atoms. The zero-order chi connectivity index (χ0) is 20.8. The fourth-order valence-electron chi connectivity index (χ4n) is 3.24. The van der Waals surface area contributed by atoms with Crippen LogP contribution in [-0.2, 0) is 31.0 Å². The van der Waals surface area contributed by atoms with E-state index in [0.717, 1.165) is 18.9 Å². The van der Waals surface area contributed by atoms with Gasteiger partial charge in [0.05, 0.1) is 7.05 Å². The third-order valence-electron chi connectivity index (χ3n) is 4.71. The first kappa shape index (κ1) is 22.3. The van der Waals surface area contributed by atoms with Crippen molar-refractivity contribution in [3.8, 4) is 0 Å². The van der Waals surface area contributed by atoms with Gasteiger partial charge in [0.15, 0.2) is 6.67 Å². The molecule has 0 aliphatic rings. The number of primary amides is 1. The van der Waals surface area contributed by atoms with Gasteiger partial charge in [-0.2, -0.15) is 9.78 Å². The number of carbonyl (C=O) groups is 1. The number of aryl methyl sites for hydroxylation is 1. The number of hydrogen-bond acceptors (Lipinski definition) is 3. The van der Waals surface area contributed by atoms with Gasteiger partial charge < -0.3 is 15.2 Å². The second-order valence-electron chi connectivity index (χ2n) is 8.36. The van der Waals surface area contributed by atoms with Crippen LogP contribution in [0.1, 0.15) is 57.0 Å². The predicted octanol–water partition coefficient (Wildman–Crippen LogP) is 2.28. The highest BCUT2D eigenvalue weighted by atomic mass is 32.1. The molecule has 0 saturated carbocycles. The molecule has 154 valence electrons. The molecular weight excluding hydrogens is 370 g/mol. The van der Waals surface area contributed by atoms with Crippen molar-refractivity contribution in [2.24, 2.45) is 11.7 Å². The number of quaternary nitrogens is 1. The van der Waals surface area contributed by atoms with Gasteiger partial charge in [0.1, 0.15) is 12.4 Å². The number of nitrogens with two attached hydrogens (primary N) is 1. The molecule has 0 saturated heterocycles. The summed E-state index contributed by atoms with van der Waals surface area (Å²) in [5.74, 6) is 1.51. The lowest BCUT2D eigenvalue weighted by molar-refractivity contribution is -0.917. The summed E-state index contributed by atoms with van der Waals surface area (Å²) >= 11 is 5.67. The van der Waals surface area contributed by atoms with E-state index in [9.17, 15) is 4.79 Å². The van der Waals surface area contributed by atoms with Crippen molar-refractivity contribution in [1.29, 1.82) is 0 Å². The molecule has 1 heterocycles. The van der Waals surface area contributed by atoms with Crippen LogP contribution in [0.25, 0.3) is 0 Å². The Bertz CT molecular complexity index is 835. The highest BCUT2D eigenvalue weighted by molar-refractivity contribution is 7.71. The fourth-order valence-corrected chi connectivity index (χ4v) is 3.52. The second kappa shape index (κ2) is 9.98. The number of carbonyl (C=O) groups excluding carboxylic acids is 1. The summed E-state index contributed by atoms with van der Waals surface area (Å²) < 4.78 is 4.64. The van der Waals surface area contributed by atoms with Crippen LogP contribution < -0.4 is 10.6 Å². The summed E-state index contributed by atoms with van der Waals surface area (Å²) in [5.41, 5.74) is 7.97. The van der Waals surface area contributed by atoms with Crippen molar-refractivity contribution in [1.82, 2.24) is 14.3 Å². The molecule has 6 nitrogen and oxygen atoms in total. The Hall–Kier alpha value is -1.99. The maximum absolute atomic E-state index is 11.2. The lowest BCUT2D eigenvalue weighted by Gasteiger charge is -2.14. The van der Waals surface area contributed by atoms with Gasteiger partial charge in [-0.15, -0.1) is 0 Å². The van der Waals surface area contributed by atoms with Gasteiger partial charge in [0.2, 0.25) is 10.7 Å². The Kier molecular flexibility index (Phi) is 7.95. The monoisotopic (exact) mass is 404 g/mol. The molecule has 0 spiro atoms. The summed E-state index contributed by atoms with van der Waals surface area (Å²) in [6.07, 6.45) is 0.809. The van der Waals surface area contributed by atoms with Crippen LogP contribution in [0.2, 0.25) is 0 Å². The van der Waals surface area contributed by atoms with Crippen molar-refractivity contribution in [3.05, 3.63) is 46.0 Å². The minimum atomic E-state index is -0.316. The minimum absolute atomic E-state index is 0.286. The van der Waals surface area contributed by atoms with Crippen molar-refractivity contribution in [3.63, 3.8) is 0 Å². The fraction of sp³-hybridized carbons (Fsp3) is 0.571. The smallest absolute Gasteiger partial charge is 0.217 e. The zero-order valence-electron chi connectivity index (χ0n) is 17.7. The van der Waals surface area contributed by atoms with Gasteiger partial charge in [-0.05, 0) is 29.6 Å². The number of nitrogens with zero attached hydrogens (tertiary/aromatic N) is 3. The van der Waals surface area contributed by atoms with Crippen LogP contribution in [0.4, 0.5) is 0 Å². The van der Waals surface area contributed by atoms with E-state index in [1.165, 1.54) is 16.0 Å². The summed E-state index contributed by atoms with van der Waals surface area (Å²) in [6.45, 7) is 11.1. The maximum atomic E-state index is 11.2. The molecule has 0 radical (unpaired) electrons. The van der Waals surface area contributed by atoms with E-state index >= 15 is 0 Å². The maximum Gasteiger partial charge on any atom is 0.217 e. The molecule has 1 atom stereocenters. The summed E-state index contributed by atoms with van der Waals surface area (Å²) in [5, 5.41) is 4.70. The molecule has 28 heavy (non-hydrogen) atoms. The molecule has 2 aromatic rings. The third kappa shape index (κ3) is 6.27. The van der Waals surface area contributed by atoms with Crippen molar-refractivity contribution in [2.75, 3.05) is 7.05 Å². The van der Waals surface area contributed by atoms with Crippen molar-refractivity contribution in [2.45, 2.75) is 66.2 Å². The molecule has 0 aliphatic carbocycles. The number of rotatable bonds is 10. The first-order chi connectivity index (χ1) is 13.2. The van der Waals surface area contributed by atoms with Crippen LogP contribution >= 0.6 is 12.2 Å². The van der Waals surface area contributed by atoms with Crippen molar-refractivity contribution < 1.29 is 9.69 Å². The largest absolute Gasteiger partial charge is 0.370 e. The van der Waals surface area contributed by atoms with E-state index in [4.69, 9.17) is 23.1 Å². The molecule has 0 aliphatic heterocycles. The molecule has 1 unspecified atom stereocenters. The standard InChI is InChI=1S/C21H33N5OS/c1-15(2)12-25-20(11-10-19(22)27)23-26(21(25)28)14-24(5)13-17-6-8-18(9-7-17)16(3)4/h6-9,15-16H,10-14H2,1-5H3,(H2,22,27)/p+1. The number of nitrogens with one attached hydrogen (secondary N) is 1. The van der Waals surface area contributed by atoms with Crippen molar-refractivity contribution >= 4 is 18.1 Å². The van der Waals surface area contributed by atoms with Gasteiger partial charge in [-0.25, -0.2) is 0 Å². The van der Waals surface area contributed by atoms with E-state index in [1.54, 1.807) is 0 Å². The minimum Gasteiger partial charge on any atom is -0.370 e. The first-order valence-electron chi connectivity index (χ1n) is 10.0. The molecule has 1 amide bonds. The molecular formula is C21H34N5OS+. The van der Waals surface area contributed by atoms with Gasteiger partial charge in [0.25, 0.3) is 0 Å². The summed E-state index contributed by atoms with van der Waals surface area (Å²) in [6, 6.07) is 8.82. The number of benzene rings is 1. The van der Waals surface area contributed by atoms with E-state index in [1.807, 2.05) is 9.25 Å². The lowest BCUT2D eigenvalue weighted by atomic mass is 10.0. The lowest BCUT2D eigenvalue weighted by Crippen LogP contribution is -3.07. The third-order valence-corrected chi connectivity index (χ3v) is 5.15. The molecule has 3 N–H and O–H groups in total. The van der Waals surface area contributed by atoms with E-state index < -0.39 is 0 Å². The highest BCUT2D eigenvalue weighted by Gasteiger charge is 2.15. The first-order valence-corrected chi connectivity index (χ1v) is 10.4. The van der Waals surface area contributed by atoms with Crippen LogP contribution in [0.5, 0.6) is 0 Å². The number of hydrogen-bond donors (Lipinski definition) is 2. The predicted molar refractivity (Wildman–Crippen MR) is 115 cm³/mol. The molecule has 1 aromatic heterocycles. The Morgan fingerprint density at radius 3 is 2.39 bits per heavy atom. The summed E-state index contributed by atoms with van der Waals surface area (Å²) in [4.78, 5) is 12.5. The van der Waals surface area contributed by atoms with Gasteiger partial charge in [0, 0.05) is 24.9 Å². The number of aromatic nitrogens is 3. The van der Waals surface area contributed by atoms with Gasteiger partial charge >= 0.3 is 0 Å². The summed E-state index contributed by atoms with van der Waals surface area (Å²) in [7, 11) is 2.14. The Labute approximate surface area is 173 Å². The van der Waals surface area contributed by atoms with E-state index in [0.29, 0.717) is 29.7 Å². The van der Waals surface area contributed by atoms with Crippen LogP contribution in [0.3, 0.4) is 0 Å². The quantitative estimate of drug-likeness (QED) is 0.597. The Balaban J connectivity index is 2.12. The molecule has 7 heteroatoms. The molecule has 2 rings (SSSR count). The SMILES string of the molecule is CC(C)Cn1c(CCC(N)=O)nn(C[NH+](C)Cc2ccc(C(C)C)cc2)c1=S. The normalized spacial score (nSPS) is 12.7. The zero-order valence-corrected chi connectivity index (χ0v) is 18.6. The Morgan fingerprint density at radius 1 is 1.21 bits per heavy atom. The van der Waals surface area contributed by atoms with Crippen LogP contribution in [-0.4, -0.2) is 27.3 Å². The van der Waals surface area contributed by atoms with Gasteiger partial charge in [-0.1, -0.05) is 52.0 Å².